The summed E-state index contributed by atoms with van der Waals surface area (Å²) in [5, 5.41) is 6.96. The number of H-pyrrole nitrogens is 1. The normalized spacial score (nSPS) is 12.5. The molecule has 24 heavy (non-hydrogen) atoms. The van der Waals surface area contributed by atoms with Crippen molar-refractivity contribution in [1.82, 2.24) is 20.4 Å². The van der Waals surface area contributed by atoms with Crippen molar-refractivity contribution in [1.29, 1.82) is 0 Å². The van der Waals surface area contributed by atoms with Crippen LogP contribution in [0.2, 0.25) is 0 Å². The number of nitrogens with zero attached hydrogens (tertiary/aromatic N) is 2. The van der Waals surface area contributed by atoms with E-state index in [1.165, 1.54) is 6.33 Å². The van der Waals surface area contributed by atoms with Gasteiger partial charge in [0.15, 0.2) is 0 Å². The molecule has 0 aliphatic rings. The number of aromatic amines is 1. The van der Waals surface area contributed by atoms with E-state index in [-0.39, 0.29) is 28.6 Å². The highest BCUT2D eigenvalue weighted by Gasteiger charge is 2.23. The van der Waals surface area contributed by atoms with Crippen molar-refractivity contribution >= 4 is 17.0 Å². The van der Waals surface area contributed by atoms with Gasteiger partial charge in [0.2, 0.25) is 5.71 Å². The molecule has 0 fully saturated rings. The summed E-state index contributed by atoms with van der Waals surface area (Å²) in [6, 6.07) is -0.172. The van der Waals surface area contributed by atoms with Crippen molar-refractivity contribution in [3.8, 4) is 0 Å². The molecule has 126 valence electrons. The van der Waals surface area contributed by atoms with E-state index < -0.39 is 5.56 Å². The molecule has 3 aromatic rings. The second kappa shape index (κ2) is 5.95. The van der Waals surface area contributed by atoms with E-state index in [0.29, 0.717) is 12.2 Å². The summed E-state index contributed by atoms with van der Waals surface area (Å²) >= 11 is 0. The van der Waals surface area contributed by atoms with Crippen LogP contribution < -0.4 is 10.9 Å². The maximum Gasteiger partial charge on any atom is 0.262 e. The summed E-state index contributed by atoms with van der Waals surface area (Å²) in [5.41, 5.74) is 1.74. The van der Waals surface area contributed by atoms with Crippen LogP contribution in [0.25, 0.3) is 11.1 Å². The number of hydrogen-bond acceptors (Lipinski definition) is 6. The molecule has 0 spiro atoms. The molecule has 8 nitrogen and oxygen atoms in total. The minimum atomic E-state index is -0.402. The number of furan rings is 1. The number of amides is 1. The number of carbonyl (C=O) groups excluding carboxylic acids is 1. The van der Waals surface area contributed by atoms with Gasteiger partial charge in [0.25, 0.3) is 11.5 Å². The quantitative estimate of drug-likeness (QED) is 0.754. The van der Waals surface area contributed by atoms with Gasteiger partial charge in [-0.15, -0.1) is 0 Å². The van der Waals surface area contributed by atoms with E-state index in [0.717, 1.165) is 17.0 Å². The fourth-order valence-corrected chi connectivity index (χ4v) is 2.77. The molecule has 1 amide bonds. The van der Waals surface area contributed by atoms with Crippen LogP contribution in [0.5, 0.6) is 0 Å². The second-order valence-electron chi connectivity index (χ2n) is 5.83. The van der Waals surface area contributed by atoms with E-state index in [9.17, 15) is 9.59 Å². The second-order valence-corrected chi connectivity index (χ2v) is 5.83. The van der Waals surface area contributed by atoms with Gasteiger partial charge in [0.05, 0.1) is 17.6 Å². The van der Waals surface area contributed by atoms with Gasteiger partial charge < -0.3 is 19.2 Å². The van der Waals surface area contributed by atoms with Gasteiger partial charge in [0, 0.05) is 11.6 Å². The summed E-state index contributed by atoms with van der Waals surface area (Å²) in [6.45, 7) is 7.21. The Bertz CT molecular complexity index is 947. The zero-order chi connectivity index (χ0) is 17.4. The minimum Gasteiger partial charge on any atom is -0.442 e. The van der Waals surface area contributed by atoms with Crippen LogP contribution in [0.1, 0.15) is 40.1 Å². The molecular formula is C16H18N4O4. The van der Waals surface area contributed by atoms with Crippen molar-refractivity contribution < 1.29 is 13.7 Å². The van der Waals surface area contributed by atoms with Crippen LogP contribution in [0.15, 0.2) is 20.1 Å². The van der Waals surface area contributed by atoms with Crippen molar-refractivity contribution in [2.24, 2.45) is 0 Å². The number of rotatable bonds is 4. The van der Waals surface area contributed by atoms with E-state index in [1.807, 2.05) is 20.8 Å². The molecule has 0 aliphatic heterocycles. The van der Waals surface area contributed by atoms with Crippen molar-refractivity contribution in [3.63, 3.8) is 0 Å². The van der Waals surface area contributed by atoms with E-state index in [2.05, 4.69) is 20.4 Å². The molecule has 0 saturated heterocycles. The summed E-state index contributed by atoms with van der Waals surface area (Å²) in [5.74, 6) is 0.722. The SMILES string of the molecule is Cc1noc(C)c1CC(C)NC(=O)c1c(C)oc2nc[nH]c(=O)c12. The Morgan fingerprint density at radius 3 is 2.75 bits per heavy atom. The van der Waals surface area contributed by atoms with Crippen molar-refractivity contribution in [2.75, 3.05) is 0 Å². The average molecular weight is 330 g/mol. The topological polar surface area (TPSA) is 114 Å². The lowest BCUT2D eigenvalue weighted by Crippen LogP contribution is -2.35. The Kier molecular flexibility index (Phi) is 3.96. The highest BCUT2D eigenvalue weighted by molar-refractivity contribution is 6.06. The fourth-order valence-electron chi connectivity index (χ4n) is 2.77. The zero-order valence-corrected chi connectivity index (χ0v) is 13.9. The monoisotopic (exact) mass is 330 g/mol. The molecule has 1 atom stereocenters. The van der Waals surface area contributed by atoms with Crippen LogP contribution >= 0.6 is 0 Å². The first-order chi connectivity index (χ1) is 11.4. The van der Waals surface area contributed by atoms with Gasteiger partial charge in [-0.3, -0.25) is 9.59 Å². The number of nitrogens with one attached hydrogen (secondary N) is 2. The molecule has 1 unspecified atom stereocenters. The molecule has 3 aromatic heterocycles. The summed E-state index contributed by atoms with van der Waals surface area (Å²) in [4.78, 5) is 31.0. The van der Waals surface area contributed by atoms with Gasteiger partial charge >= 0.3 is 0 Å². The molecule has 3 rings (SSSR count). The number of hydrogen-bond donors (Lipinski definition) is 2. The van der Waals surface area contributed by atoms with E-state index in [4.69, 9.17) is 8.94 Å². The van der Waals surface area contributed by atoms with Gasteiger partial charge in [-0.1, -0.05) is 5.16 Å². The molecular weight excluding hydrogens is 312 g/mol. The fraction of sp³-hybridized carbons (Fsp3) is 0.375. The van der Waals surface area contributed by atoms with E-state index in [1.54, 1.807) is 6.92 Å². The molecule has 0 aromatic carbocycles. The van der Waals surface area contributed by atoms with Gasteiger partial charge in [0.1, 0.15) is 16.9 Å². The lowest BCUT2D eigenvalue weighted by Gasteiger charge is -2.13. The standard InChI is InChI=1S/C16H18N4O4/c1-7(5-11-8(2)20-24-9(11)3)19-15(22)12-10(4)23-16-13(12)14(21)17-6-18-16/h6-7H,5H2,1-4H3,(H,19,22)(H,17,18,21). The molecule has 0 saturated carbocycles. The molecule has 3 heterocycles. The van der Waals surface area contributed by atoms with E-state index >= 15 is 0 Å². The van der Waals surface area contributed by atoms with Crippen molar-refractivity contribution in [3.05, 3.63) is 45.0 Å². The smallest absolute Gasteiger partial charge is 0.262 e. The van der Waals surface area contributed by atoms with Crippen LogP contribution in [0.4, 0.5) is 0 Å². The Balaban J connectivity index is 1.85. The zero-order valence-electron chi connectivity index (χ0n) is 13.9. The van der Waals surface area contributed by atoms with Gasteiger partial charge in [-0.05, 0) is 34.1 Å². The molecule has 2 N–H and O–H groups in total. The summed E-state index contributed by atoms with van der Waals surface area (Å²) in [7, 11) is 0. The maximum atomic E-state index is 12.6. The first kappa shape index (κ1) is 16.0. The van der Waals surface area contributed by atoms with Crippen molar-refractivity contribution in [2.45, 2.75) is 40.2 Å². The molecule has 0 aliphatic carbocycles. The van der Waals surface area contributed by atoms with Crippen LogP contribution in [-0.2, 0) is 6.42 Å². The number of aromatic nitrogens is 3. The Labute approximate surface area is 137 Å². The number of fused-ring (bicyclic) bond motifs is 1. The Morgan fingerprint density at radius 1 is 1.33 bits per heavy atom. The molecule has 8 heteroatoms. The third kappa shape index (κ3) is 2.70. The van der Waals surface area contributed by atoms with Crippen LogP contribution in [0.3, 0.4) is 0 Å². The number of aryl methyl sites for hydroxylation is 3. The van der Waals surface area contributed by atoms with Gasteiger partial charge in [-0.25, -0.2) is 4.98 Å². The lowest BCUT2D eigenvalue weighted by molar-refractivity contribution is 0.0940. The van der Waals surface area contributed by atoms with Gasteiger partial charge in [-0.2, -0.15) is 0 Å². The largest absolute Gasteiger partial charge is 0.442 e. The third-order valence-corrected chi connectivity index (χ3v) is 3.97. The lowest BCUT2D eigenvalue weighted by atomic mass is 10.0. The van der Waals surface area contributed by atoms with Crippen LogP contribution in [0, 0.1) is 20.8 Å². The number of carbonyl (C=O) groups is 1. The maximum absolute atomic E-state index is 12.6. The predicted octanol–water partition coefficient (Wildman–Crippen LogP) is 1.79. The first-order valence-electron chi connectivity index (χ1n) is 7.58. The van der Waals surface area contributed by atoms with Crippen LogP contribution in [-0.4, -0.2) is 27.1 Å². The first-order valence-corrected chi connectivity index (χ1v) is 7.58. The summed E-state index contributed by atoms with van der Waals surface area (Å²) in [6.07, 6.45) is 1.83. The summed E-state index contributed by atoms with van der Waals surface area (Å²) < 4.78 is 10.5. The Hall–Kier alpha value is -2.90. The third-order valence-electron chi connectivity index (χ3n) is 3.97. The molecule has 0 radical (unpaired) electrons. The highest BCUT2D eigenvalue weighted by Crippen LogP contribution is 2.21. The average Bonchev–Trinajstić information content (AvgIpc) is 3.01. The Morgan fingerprint density at radius 2 is 2.08 bits per heavy atom. The predicted molar refractivity (Wildman–Crippen MR) is 86.0 cm³/mol. The highest BCUT2D eigenvalue weighted by atomic mass is 16.5. The molecule has 0 bridgehead atoms. The minimum absolute atomic E-state index is 0.153.